The molecule has 1 N–H and O–H groups in total. The van der Waals surface area contributed by atoms with Gasteiger partial charge in [-0.15, -0.1) is 0 Å². The van der Waals surface area contributed by atoms with E-state index >= 15 is 0 Å². The monoisotopic (exact) mass is 337 g/mol. The Morgan fingerprint density at radius 2 is 1.96 bits per heavy atom. The molecule has 130 valence electrons. The molecule has 0 radical (unpaired) electrons. The molecule has 1 atom stereocenters. The molecular weight excluding hydrogens is 314 g/mol. The number of nitrogens with zero attached hydrogens (tertiary/aromatic N) is 2. The molecule has 0 fully saturated rings. The lowest BCUT2D eigenvalue weighted by Crippen LogP contribution is -2.35. The Bertz CT molecular complexity index is 848. The van der Waals surface area contributed by atoms with E-state index in [2.05, 4.69) is 24.4 Å². The van der Waals surface area contributed by atoms with Gasteiger partial charge in [-0.1, -0.05) is 37.3 Å². The van der Waals surface area contributed by atoms with Crippen LogP contribution in [0.15, 0.2) is 41.2 Å². The van der Waals surface area contributed by atoms with E-state index in [-0.39, 0.29) is 18.0 Å². The molecule has 0 aliphatic heterocycles. The molecule has 5 nitrogen and oxygen atoms in total. The number of hydrogen-bond acceptors (Lipinski definition) is 3. The minimum absolute atomic E-state index is 0.0701. The van der Waals surface area contributed by atoms with Crippen molar-refractivity contribution >= 4 is 5.91 Å². The minimum atomic E-state index is -0.409. The van der Waals surface area contributed by atoms with E-state index in [4.69, 9.17) is 5.26 Å². The molecule has 0 aliphatic rings. The number of carbonyl (C=O) groups is 1. The second-order valence-corrected chi connectivity index (χ2v) is 6.30. The van der Waals surface area contributed by atoms with Gasteiger partial charge in [0.25, 0.3) is 5.56 Å². The number of amides is 1. The van der Waals surface area contributed by atoms with Crippen molar-refractivity contribution in [3.8, 4) is 6.07 Å². The van der Waals surface area contributed by atoms with Crippen molar-refractivity contribution in [3.63, 3.8) is 0 Å². The van der Waals surface area contributed by atoms with Crippen LogP contribution in [0.25, 0.3) is 0 Å². The third-order valence-electron chi connectivity index (χ3n) is 4.39. The first-order valence-electron chi connectivity index (χ1n) is 8.36. The third-order valence-corrected chi connectivity index (χ3v) is 4.39. The van der Waals surface area contributed by atoms with Crippen LogP contribution in [0.3, 0.4) is 0 Å². The van der Waals surface area contributed by atoms with E-state index in [1.165, 1.54) is 10.1 Å². The molecule has 2 rings (SSSR count). The lowest BCUT2D eigenvalue weighted by molar-refractivity contribution is -0.121. The second kappa shape index (κ2) is 8.29. The van der Waals surface area contributed by atoms with Gasteiger partial charge in [-0.05, 0) is 43.4 Å². The standard InChI is InChI=1S/C20H23N3O2/c1-14(17-7-5-4-6-8-17)9-10-22-19(24)13-23-16(3)11-15(2)18(12-21)20(23)25/h4-8,11,14H,9-10,13H2,1-3H3,(H,22,24)/t14-/m1/s1. The van der Waals surface area contributed by atoms with Crippen LogP contribution in [0.2, 0.25) is 0 Å². The van der Waals surface area contributed by atoms with Gasteiger partial charge in [0.1, 0.15) is 18.2 Å². The van der Waals surface area contributed by atoms with Crippen LogP contribution < -0.4 is 10.9 Å². The molecule has 1 heterocycles. The highest BCUT2D eigenvalue weighted by molar-refractivity contribution is 5.75. The summed E-state index contributed by atoms with van der Waals surface area (Å²) in [6, 6.07) is 13.8. The first kappa shape index (κ1) is 18.5. The Labute approximate surface area is 147 Å². The average Bonchev–Trinajstić information content (AvgIpc) is 2.59. The van der Waals surface area contributed by atoms with Crippen molar-refractivity contribution in [2.24, 2.45) is 0 Å². The van der Waals surface area contributed by atoms with E-state index in [1.54, 1.807) is 19.9 Å². The van der Waals surface area contributed by atoms with Crippen molar-refractivity contribution < 1.29 is 4.79 Å². The van der Waals surface area contributed by atoms with Crippen LogP contribution in [0, 0.1) is 25.2 Å². The smallest absolute Gasteiger partial charge is 0.269 e. The number of nitrogens with one attached hydrogen (secondary N) is 1. The lowest BCUT2D eigenvalue weighted by atomic mass is 9.98. The van der Waals surface area contributed by atoms with Gasteiger partial charge < -0.3 is 9.88 Å². The summed E-state index contributed by atoms with van der Waals surface area (Å²) in [5.74, 6) is 0.119. The molecule has 0 spiro atoms. The molecule has 0 unspecified atom stereocenters. The number of carbonyl (C=O) groups excluding carboxylic acids is 1. The van der Waals surface area contributed by atoms with E-state index in [9.17, 15) is 9.59 Å². The summed E-state index contributed by atoms with van der Waals surface area (Å²) < 4.78 is 1.35. The number of benzene rings is 1. The molecular formula is C20H23N3O2. The summed E-state index contributed by atoms with van der Waals surface area (Å²) in [7, 11) is 0. The SMILES string of the molecule is Cc1cc(C)n(CC(=O)NCC[C@@H](C)c2ccccc2)c(=O)c1C#N. The van der Waals surface area contributed by atoms with Gasteiger partial charge in [0.2, 0.25) is 5.91 Å². The topological polar surface area (TPSA) is 74.9 Å². The Hall–Kier alpha value is -2.87. The van der Waals surface area contributed by atoms with Gasteiger partial charge in [0.05, 0.1) is 0 Å². The summed E-state index contributed by atoms with van der Waals surface area (Å²) in [6.07, 6.45) is 0.820. The van der Waals surface area contributed by atoms with Crippen LogP contribution in [0.1, 0.15) is 41.6 Å². The number of hydrogen-bond donors (Lipinski definition) is 1. The quantitative estimate of drug-likeness (QED) is 0.880. The predicted octanol–water partition coefficient (Wildman–Crippen LogP) is 2.65. The number of pyridine rings is 1. The third kappa shape index (κ3) is 4.57. The summed E-state index contributed by atoms with van der Waals surface area (Å²) >= 11 is 0. The maximum Gasteiger partial charge on any atom is 0.269 e. The van der Waals surface area contributed by atoms with Crippen molar-refractivity contribution in [1.29, 1.82) is 5.26 Å². The van der Waals surface area contributed by atoms with Crippen molar-refractivity contribution in [2.45, 2.75) is 39.7 Å². The van der Waals surface area contributed by atoms with Crippen LogP contribution in [0.5, 0.6) is 0 Å². The molecule has 5 heteroatoms. The van der Waals surface area contributed by atoms with Gasteiger partial charge in [-0.3, -0.25) is 9.59 Å². The van der Waals surface area contributed by atoms with E-state index in [0.29, 0.717) is 23.7 Å². The fourth-order valence-electron chi connectivity index (χ4n) is 2.84. The van der Waals surface area contributed by atoms with E-state index < -0.39 is 5.56 Å². The normalized spacial score (nSPS) is 11.6. The fraction of sp³-hybridized carbons (Fsp3) is 0.350. The van der Waals surface area contributed by atoms with E-state index in [0.717, 1.165) is 6.42 Å². The first-order chi connectivity index (χ1) is 11.9. The Morgan fingerprint density at radius 3 is 2.60 bits per heavy atom. The van der Waals surface area contributed by atoms with Crippen molar-refractivity contribution in [3.05, 3.63) is 69.1 Å². The lowest BCUT2D eigenvalue weighted by Gasteiger charge is -2.14. The van der Waals surface area contributed by atoms with Crippen LogP contribution in [0.4, 0.5) is 0 Å². The Morgan fingerprint density at radius 1 is 1.28 bits per heavy atom. The molecule has 2 aromatic rings. The molecule has 25 heavy (non-hydrogen) atoms. The number of rotatable bonds is 6. The predicted molar refractivity (Wildman–Crippen MR) is 97.4 cm³/mol. The van der Waals surface area contributed by atoms with Gasteiger partial charge in [0.15, 0.2) is 0 Å². The molecule has 0 bridgehead atoms. The minimum Gasteiger partial charge on any atom is -0.355 e. The molecule has 0 saturated carbocycles. The highest BCUT2D eigenvalue weighted by atomic mass is 16.2. The van der Waals surface area contributed by atoms with Crippen LogP contribution in [-0.2, 0) is 11.3 Å². The van der Waals surface area contributed by atoms with Gasteiger partial charge in [0, 0.05) is 12.2 Å². The maximum atomic E-state index is 12.3. The molecule has 1 aromatic carbocycles. The Balaban J connectivity index is 1.95. The fourth-order valence-corrected chi connectivity index (χ4v) is 2.84. The molecule has 0 aliphatic carbocycles. The molecule has 1 aromatic heterocycles. The zero-order valence-electron chi connectivity index (χ0n) is 14.9. The zero-order chi connectivity index (χ0) is 18.4. The molecule has 0 saturated heterocycles. The van der Waals surface area contributed by atoms with Gasteiger partial charge in [-0.2, -0.15) is 5.26 Å². The van der Waals surface area contributed by atoms with Crippen molar-refractivity contribution in [1.82, 2.24) is 9.88 Å². The second-order valence-electron chi connectivity index (χ2n) is 6.30. The van der Waals surface area contributed by atoms with Gasteiger partial charge in [-0.25, -0.2) is 0 Å². The highest BCUT2D eigenvalue weighted by Gasteiger charge is 2.13. The van der Waals surface area contributed by atoms with Crippen LogP contribution >= 0.6 is 0 Å². The number of aryl methyl sites for hydroxylation is 2. The summed E-state index contributed by atoms with van der Waals surface area (Å²) in [5, 5.41) is 12.0. The maximum absolute atomic E-state index is 12.3. The summed E-state index contributed by atoms with van der Waals surface area (Å²) in [4.78, 5) is 24.5. The summed E-state index contributed by atoms with van der Waals surface area (Å²) in [5.41, 5.74) is 2.23. The first-order valence-corrected chi connectivity index (χ1v) is 8.36. The number of nitriles is 1. The zero-order valence-corrected chi connectivity index (χ0v) is 14.9. The highest BCUT2D eigenvalue weighted by Crippen LogP contribution is 2.17. The van der Waals surface area contributed by atoms with Gasteiger partial charge >= 0.3 is 0 Å². The van der Waals surface area contributed by atoms with E-state index in [1.807, 2.05) is 24.3 Å². The summed E-state index contributed by atoms with van der Waals surface area (Å²) in [6.45, 7) is 6.08. The molecule has 1 amide bonds. The van der Waals surface area contributed by atoms with Crippen LogP contribution in [-0.4, -0.2) is 17.0 Å². The van der Waals surface area contributed by atoms with Crippen molar-refractivity contribution in [2.75, 3.05) is 6.54 Å². The average molecular weight is 337 g/mol. The Kier molecular flexibility index (Phi) is 6.13. The number of aromatic nitrogens is 1. The largest absolute Gasteiger partial charge is 0.355 e.